The van der Waals surface area contributed by atoms with Gasteiger partial charge in [-0.15, -0.1) is 0 Å². The Labute approximate surface area is 125 Å². The fourth-order valence-corrected chi connectivity index (χ4v) is 8.39. The zero-order valence-corrected chi connectivity index (χ0v) is 15.9. The average molecular weight is 307 g/mol. The van der Waals surface area contributed by atoms with Crippen molar-refractivity contribution >= 4 is 26.5 Å². The lowest BCUT2D eigenvalue weighted by molar-refractivity contribution is 0.470. The molecule has 0 saturated carbocycles. The first-order chi connectivity index (χ1) is 8.92. The third-order valence-electron chi connectivity index (χ3n) is 3.63. The van der Waals surface area contributed by atoms with E-state index in [2.05, 4.69) is 45.4 Å². The van der Waals surface area contributed by atoms with Crippen LogP contribution >= 0.6 is 0 Å². The van der Waals surface area contributed by atoms with Crippen LogP contribution in [0.5, 0.6) is 11.5 Å². The molecule has 1 rings (SSSR count). The van der Waals surface area contributed by atoms with Crippen molar-refractivity contribution in [1.82, 2.24) is 0 Å². The number of rotatable bonds is 3. The van der Waals surface area contributed by atoms with Crippen molar-refractivity contribution in [2.24, 2.45) is 0 Å². The molecule has 0 aliphatic heterocycles. The van der Waals surface area contributed by atoms with Gasteiger partial charge >= 0.3 is 0 Å². The largest absolute Gasteiger partial charge is 0.508 e. The van der Waals surface area contributed by atoms with Gasteiger partial charge in [0.15, 0.2) is 0 Å². The van der Waals surface area contributed by atoms with Crippen LogP contribution in [0.25, 0.3) is 0 Å². The maximum Gasteiger partial charge on any atom is 0.142 e. The van der Waals surface area contributed by atoms with Crippen molar-refractivity contribution < 1.29 is 9.84 Å². The minimum atomic E-state index is -1.71. The van der Waals surface area contributed by atoms with Crippen LogP contribution in [0.4, 0.5) is 0 Å². The molecule has 0 radical (unpaired) electrons. The average Bonchev–Trinajstić information content (AvgIpc) is 2.26. The van der Waals surface area contributed by atoms with Crippen LogP contribution in [0.1, 0.15) is 11.1 Å². The van der Waals surface area contributed by atoms with E-state index in [1.54, 1.807) is 0 Å². The molecule has 1 N–H and O–H groups in total. The molecule has 110 valence electrons. The van der Waals surface area contributed by atoms with Crippen molar-refractivity contribution in [3.05, 3.63) is 11.1 Å². The number of ether oxygens (including phenoxy) is 1. The molecule has 0 heterocycles. The summed E-state index contributed by atoms with van der Waals surface area (Å²) in [6.45, 7) is 17.5. The second-order valence-corrected chi connectivity index (χ2v) is 17.4. The molecule has 2 nitrogen and oxygen atoms in total. The fraction of sp³-hybridized carbons (Fsp3) is 0.500. The molecular formula is C16H26O2Si2. The van der Waals surface area contributed by atoms with Gasteiger partial charge in [-0.25, -0.2) is 0 Å². The van der Waals surface area contributed by atoms with Gasteiger partial charge in [0.1, 0.15) is 17.6 Å². The standard InChI is InChI=1S/C16H26O2Si2/c1-10-18-14-12(3)11(2)13(17)15(19(4,5)6)16(14)20(7,8)9/h1,17H,2-9H3. The van der Waals surface area contributed by atoms with E-state index in [0.29, 0.717) is 5.75 Å². The van der Waals surface area contributed by atoms with Gasteiger partial charge in [-0.05, 0) is 35.3 Å². The Kier molecular flexibility index (Phi) is 4.47. The fourth-order valence-electron chi connectivity index (χ4n) is 2.59. The Morgan fingerprint density at radius 3 is 1.70 bits per heavy atom. The van der Waals surface area contributed by atoms with E-state index in [0.717, 1.165) is 22.1 Å². The molecule has 1 aromatic carbocycles. The molecule has 0 aliphatic rings. The molecule has 0 saturated heterocycles. The van der Waals surface area contributed by atoms with E-state index in [4.69, 9.17) is 11.2 Å². The van der Waals surface area contributed by atoms with Crippen LogP contribution in [-0.2, 0) is 0 Å². The van der Waals surface area contributed by atoms with Gasteiger partial charge in [0.25, 0.3) is 0 Å². The molecule has 4 heteroatoms. The molecule has 0 atom stereocenters. The zero-order valence-electron chi connectivity index (χ0n) is 13.9. The molecular weight excluding hydrogens is 280 g/mol. The maximum absolute atomic E-state index is 10.7. The van der Waals surface area contributed by atoms with Crippen LogP contribution < -0.4 is 15.1 Å². The van der Waals surface area contributed by atoms with Gasteiger partial charge in [0.2, 0.25) is 0 Å². The summed E-state index contributed by atoms with van der Waals surface area (Å²) in [7, 11) is -3.41. The predicted molar refractivity (Wildman–Crippen MR) is 93.0 cm³/mol. The highest BCUT2D eigenvalue weighted by molar-refractivity contribution is 6.99. The monoisotopic (exact) mass is 306 g/mol. The van der Waals surface area contributed by atoms with Gasteiger partial charge < -0.3 is 9.84 Å². The van der Waals surface area contributed by atoms with Gasteiger partial charge in [0, 0.05) is 0 Å². The second kappa shape index (κ2) is 5.30. The highest BCUT2D eigenvalue weighted by Crippen LogP contribution is 2.30. The Morgan fingerprint density at radius 2 is 1.35 bits per heavy atom. The first-order valence-electron chi connectivity index (χ1n) is 6.92. The van der Waals surface area contributed by atoms with E-state index >= 15 is 0 Å². The van der Waals surface area contributed by atoms with E-state index in [1.807, 2.05) is 13.8 Å². The molecule has 20 heavy (non-hydrogen) atoms. The summed E-state index contributed by atoms with van der Waals surface area (Å²) in [6.07, 6.45) is 7.70. The summed E-state index contributed by atoms with van der Waals surface area (Å²) < 4.78 is 5.54. The summed E-state index contributed by atoms with van der Waals surface area (Å²) >= 11 is 0. The molecule has 0 bridgehead atoms. The van der Waals surface area contributed by atoms with Gasteiger partial charge in [0.05, 0.1) is 16.1 Å². The van der Waals surface area contributed by atoms with Crippen molar-refractivity contribution in [2.45, 2.75) is 53.1 Å². The number of phenolic OH excluding ortho intramolecular Hbond substituents is 1. The molecule has 0 aliphatic carbocycles. The lowest BCUT2D eigenvalue weighted by Gasteiger charge is -2.32. The lowest BCUT2D eigenvalue weighted by atomic mass is 10.1. The minimum Gasteiger partial charge on any atom is -0.508 e. The number of hydrogen-bond donors (Lipinski definition) is 1. The first-order valence-corrected chi connectivity index (χ1v) is 13.9. The summed E-state index contributed by atoms with van der Waals surface area (Å²) in [5.74, 6) is 1.25. The Hall–Kier alpha value is -1.19. The summed E-state index contributed by atoms with van der Waals surface area (Å²) in [4.78, 5) is 0. The second-order valence-electron chi connectivity index (χ2n) is 7.40. The molecule has 1 aromatic rings. The lowest BCUT2D eigenvalue weighted by Crippen LogP contribution is -2.57. The summed E-state index contributed by atoms with van der Waals surface area (Å²) in [5, 5.41) is 13.0. The molecule has 0 aromatic heterocycles. The van der Waals surface area contributed by atoms with Crippen molar-refractivity contribution in [1.29, 1.82) is 0 Å². The normalized spacial score (nSPS) is 12.2. The number of aromatic hydroxyl groups is 1. The highest BCUT2D eigenvalue weighted by atomic mass is 28.3. The van der Waals surface area contributed by atoms with Crippen molar-refractivity contribution in [3.63, 3.8) is 0 Å². The number of hydrogen-bond acceptors (Lipinski definition) is 2. The number of benzene rings is 1. The Morgan fingerprint density at radius 1 is 0.900 bits per heavy atom. The van der Waals surface area contributed by atoms with Crippen molar-refractivity contribution in [2.75, 3.05) is 0 Å². The SMILES string of the molecule is C#COc1c(C)c(C)c(O)c([Si](C)(C)C)c1[Si](C)(C)C. The van der Waals surface area contributed by atoms with Gasteiger partial charge in [-0.2, -0.15) is 0 Å². The Balaban J connectivity index is 3.97. The van der Waals surface area contributed by atoms with Crippen LogP contribution in [-0.4, -0.2) is 21.3 Å². The summed E-state index contributed by atoms with van der Waals surface area (Å²) in [6, 6.07) is 0. The van der Waals surface area contributed by atoms with Crippen LogP contribution in [0.3, 0.4) is 0 Å². The van der Waals surface area contributed by atoms with E-state index in [1.165, 1.54) is 5.19 Å². The van der Waals surface area contributed by atoms with E-state index in [9.17, 15) is 5.11 Å². The molecule has 0 spiro atoms. The highest BCUT2D eigenvalue weighted by Gasteiger charge is 2.35. The topological polar surface area (TPSA) is 29.5 Å². The molecule has 0 fully saturated rings. The molecule has 0 unspecified atom stereocenters. The third-order valence-corrected chi connectivity index (χ3v) is 7.85. The zero-order chi connectivity index (χ0) is 15.9. The molecule has 0 amide bonds. The van der Waals surface area contributed by atoms with Crippen molar-refractivity contribution in [3.8, 4) is 24.0 Å². The van der Waals surface area contributed by atoms with Crippen LogP contribution in [0, 0.1) is 26.4 Å². The third kappa shape index (κ3) is 2.94. The first kappa shape index (κ1) is 16.9. The Bertz CT molecular complexity index is 570. The van der Waals surface area contributed by atoms with E-state index in [-0.39, 0.29) is 0 Å². The van der Waals surface area contributed by atoms with Crippen LogP contribution in [0.2, 0.25) is 39.3 Å². The number of terminal acetylenes is 1. The smallest absolute Gasteiger partial charge is 0.142 e. The van der Waals surface area contributed by atoms with Gasteiger partial charge in [-0.3, -0.25) is 0 Å². The quantitative estimate of drug-likeness (QED) is 0.687. The van der Waals surface area contributed by atoms with E-state index < -0.39 is 16.1 Å². The maximum atomic E-state index is 10.7. The van der Waals surface area contributed by atoms with Crippen LogP contribution in [0.15, 0.2) is 0 Å². The predicted octanol–water partition coefficient (Wildman–Crippen LogP) is 3.07. The minimum absolute atomic E-state index is 0.448. The summed E-state index contributed by atoms with van der Waals surface area (Å²) in [5.41, 5.74) is 1.84. The van der Waals surface area contributed by atoms with Gasteiger partial charge in [-0.1, -0.05) is 45.7 Å². The number of phenols is 1.